The lowest BCUT2D eigenvalue weighted by Crippen LogP contribution is -2.36. The number of aromatic nitrogens is 2. The number of hydrogen-bond donors (Lipinski definition) is 1. The summed E-state index contributed by atoms with van der Waals surface area (Å²) in [6.45, 7) is 2.97. The minimum Gasteiger partial charge on any atom is -0.493 e. The van der Waals surface area contributed by atoms with E-state index in [0.717, 1.165) is 24.4 Å². The zero-order valence-corrected chi connectivity index (χ0v) is 11.8. The first-order chi connectivity index (χ1) is 8.69. The quantitative estimate of drug-likeness (QED) is 0.706. The lowest BCUT2D eigenvalue weighted by molar-refractivity contribution is -0.125. The van der Waals surface area contributed by atoms with Crippen molar-refractivity contribution >= 4 is 0 Å². The highest BCUT2D eigenvalue weighted by atomic mass is 16.7. The summed E-state index contributed by atoms with van der Waals surface area (Å²) in [5.74, 6) is 0.727. The predicted octanol–water partition coefficient (Wildman–Crippen LogP) is 1.09. The first kappa shape index (κ1) is 14.9. The molecule has 6 heteroatoms. The highest BCUT2D eigenvalue weighted by Gasteiger charge is 2.28. The van der Waals surface area contributed by atoms with E-state index in [1.807, 2.05) is 7.05 Å². The molecule has 0 spiro atoms. The summed E-state index contributed by atoms with van der Waals surface area (Å²) in [6, 6.07) is -0.123. The second-order valence-electron chi connectivity index (χ2n) is 3.99. The molecule has 0 saturated carbocycles. The molecular formula is C12H23N3O3. The van der Waals surface area contributed by atoms with Crippen molar-refractivity contribution in [3.05, 3.63) is 11.9 Å². The van der Waals surface area contributed by atoms with Crippen molar-refractivity contribution < 1.29 is 14.2 Å². The zero-order valence-electron chi connectivity index (χ0n) is 11.8. The van der Waals surface area contributed by atoms with Gasteiger partial charge >= 0.3 is 0 Å². The van der Waals surface area contributed by atoms with E-state index in [2.05, 4.69) is 17.3 Å². The lowest BCUT2D eigenvalue weighted by Gasteiger charge is -2.26. The van der Waals surface area contributed by atoms with Crippen LogP contribution in [0, 0.1) is 0 Å². The van der Waals surface area contributed by atoms with Crippen molar-refractivity contribution in [3.63, 3.8) is 0 Å². The maximum Gasteiger partial charge on any atom is 0.177 e. The standard InChI is InChI=1S/C12H23N3O3/c1-6-7-13-10(12(17-4)18-5)11-9(16-3)8-14-15(11)2/h8,10,12-13H,6-7H2,1-5H3. The third kappa shape index (κ3) is 3.22. The molecule has 0 amide bonds. The molecule has 104 valence electrons. The molecule has 0 aliphatic rings. The van der Waals surface area contributed by atoms with Gasteiger partial charge in [0.05, 0.1) is 13.3 Å². The zero-order chi connectivity index (χ0) is 13.5. The van der Waals surface area contributed by atoms with Crippen LogP contribution in [0.15, 0.2) is 6.20 Å². The van der Waals surface area contributed by atoms with Gasteiger partial charge in [-0.05, 0) is 13.0 Å². The Hall–Kier alpha value is -1.11. The second kappa shape index (κ2) is 7.35. The Morgan fingerprint density at radius 1 is 1.33 bits per heavy atom. The topological polar surface area (TPSA) is 57.5 Å². The summed E-state index contributed by atoms with van der Waals surface area (Å²) in [5, 5.41) is 7.61. The van der Waals surface area contributed by atoms with Gasteiger partial charge in [-0.3, -0.25) is 4.68 Å². The van der Waals surface area contributed by atoms with Gasteiger partial charge in [-0.1, -0.05) is 6.92 Å². The van der Waals surface area contributed by atoms with Gasteiger partial charge in [0.1, 0.15) is 11.7 Å². The average molecular weight is 257 g/mol. The summed E-state index contributed by atoms with van der Waals surface area (Å²) < 4.78 is 17.8. The maximum absolute atomic E-state index is 5.36. The summed E-state index contributed by atoms with van der Waals surface area (Å²) >= 11 is 0. The summed E-state index contributed by atoms with van der Waals surface area (Å²) in [5.41, 5.74) is 0.916. The minimum absolute atomic E-state index is 0.123. The summed E-state index contributed by atoms with van der Waals surface area (Å²) in [7, 11) is 6.75. The van der Waals surface area contributed by atoms with E-state index in [1.165, 1.54) is 0 Å². The Morgan fingerprint density at radius 2 is 2.00 bits per heavy atom. The van der Waals surface area contributed by atoms with Crippen LogP contribution in [-0.4, -0.2) is 43.9 Å². The molecule has 0 bridgehead atoms. The van der Waals surface area contributed by atoms with E-state index >= 15 is 0 Å². The first-order valence-corrected chi connectivity index (χ1v) is 6.04. The van der Waals surface area contributed by atoms with Gasteiger partial charge in [-0.2, -0.15) is 5.10 Å². The van der Waals surface area contributed by atoms with Crippen LogP contribution in [0.1, 0.15) is 25.1 Å². The van der Waals surface area contributed by atoms with Gasteiger partial charge in [0.2, 0.25) is 0 Å². The SMILES string of the molecule is CCCNC(c1c(OC)cnn1C)C(OC)OC. The normalized spacial score (nSPS) is 13.0. The molecule has 1 N–H and O–H groups in total. The third-order valence-electron chi connectivity index (χ3n) is 2.81. The molecule has 1 unspecified atom stereocenters. The van der Waals surface area contributed by atoms with Gasteiger partial charge in [-0.15, -0.1) is 0 Å². The molecule has 1 heterocycles. The fourth-order valence-corrected chi connectivity index (χ4v) is 1.93. The van der Waals surface area contributed by atoms with E-state index in [-0.39, 0.29) is 12.3 Å². The molecule has 0 radical (unpaired) electrons. The van der Waals surface area contributed by atoms with Gasteiger partial charge in [0.25, 0.3) is 0 Å². The van der Waals surface area contributed by atoms with Crippen LogP contribution in [0.25, 0.3) is 0 Å². The Bertz CT molecular complexity index is 350. The van der Waals surface area contributed by atoms with Gasteiger partial charge in [0.15, 0.2) is 12.0 Å². The average Bonchev–Trinajstić information content (AvgIpc) is 2.75. The minimum atomic E-state index is -0.388. The highest BCUT2D eigenvalue weighted by molar-refractivity contribution is 5.28. The number of rotatable bonds is 8. The third-order valence-corrected chi connectivity index (χ3v) is 2.81. The summed E-state index contributed by atoms with van der Waals surface area (Å²) in [6.07, 6.45) is 2.33. The van der Waals surface area contributed by atoms with Crippen LogP contribution in [-0.2, 0) is 16.5 Å². The molecule has 1 atom stereocenters. The molecule has 0 aromatic carbocycles. The Balaban J connectivity index is 3.03. The Labute approximate surface area is 108 Å². The van der Waals surface area contributed by atoms with Crippen LogP contribution < -0.4 is 10.1 Å². The maximum atomic E-state index is 5.36. The number of hydrogen-bond acceptors (Lipinski definition) is 5. The monoisotopic (exact) mass is 257 g/mol. The Kier molecular flexibility index (Phi) is 6.11. The summed E-state index contributed by atoms with van der Waals surface area (Å²) in [4.78, 5) is 0. The molecule has 6 nitrogen and oxygen atoms in total. The van der Waals surface area contributed by atoms with Crippen molar-refractivity contribution in [2.75, 3.05) is 27.9 Å². The van der Waals surface area contributed by atoms with Gasteiger partial charge in [-0.25, -0.2) is 0 Å². The number of nitrogens with one attached hydrogen (secondary N) is 1. The lowest BCUT2D eigenvalue weighted by atomic mass is 10.1. The van der Waals surface area contributed by atoms with Crippen LogP contribution in [0.4, 0.5) is 0 Å². The van der Waals surface area contributed by atoms with Crippen LogP contribution in [0.5, 0.6) is 5.75 Å². The molecule has 0 aliphatic heterocycles. The van der Waals surface area contributed by atoms with E-state index in [4.69, 9.17) is 14.2 Å². The van der Waals surface area contributed by atoms with E-state index in [9.17, 15) is 0 Å². The number of methoxy groups -OCH3 is 3. The molecule has 1 aromatic rings. The van der Waals surface area contributed by atoms with Crippen molar-refractivity contribution in [1.29, 1.82) is 0 Å². The number of nitrogens with zero attached hydrogens (tertiary/aromatic N) is 2. The fourth-order valence-electron chi connectivity index (χ4n) is 1.93. The van der Waals surface area contributed by atoms with Crippen LogP contribution in [0.2, 0.25) is 0 Å². The largest absolute Gasteiger partial charge is 0.493 e. The van der Waals surface area contributed by atoms with Crippen molar-refractivity contribution in [1.82, 2.24) is 15.1 Å². The van der Waals surface area contributed by atoms with E-state index in [1.54, 1.807) is 32.2 Å². The Morgan fingerprint density at radius 3 is 2.50 bits per heavy atom. The van der Waals surface area contributed by atoms with Crippen molar-refractivity contribution in [2.45, 2.75) is 25.7 Å². The molecule has 18 heavy (non-hydrogen) atoms. The second-order valence-corrected chi connectivity index (χ2v) is 3.99. The van der Waals surface area contributed by atoms with Crippen LogP contribution >= 0.6 is 0 Å². The van der Waals surface area contributed by atoms with Crippen molar-refractivity contribution in [3.8, 4) is 5.75 Å². The van der Waals surface area contributed by atoms with Crippen LogP contribution in [0.3, 0.4) is 0 Å². The molecule has 0 aliphatic carbocycles. The van der Waals surface area contributed by atoms with E-state index in [0.29, 0.717) is 0 Å². The fraction of sp³-hybridized carbons (Fsp3) is 0.750. The first-order valence-electron chi connectivity index (χ1n) is 6.04. The highest BCUT2D eigenvalue weighted by Crippen LogP contribution is 2.28. The van der Waals surface area contributed by atoms with Gasteiger partial charge in [0, 0.05) is 21.3 Å². The van der Waals surface area contributed by atoms with Gasteiger partial charge < -0.3 is 19.5 Å². The number of ether oxygens (including phenoxy) is 3. The van der Waals surface area contributed by atoms with E-state index < -0.39 is 0 Å². The van der Waals surface area contributed by atoms with Crippen molar-refractivity contribution in [2.24, 2.45) is 7.05 Å². The predicted molar refractivity (Wildman–Crippen MR) is 68.6 cm³/mol. The number of aryl methyl sites for hydroxylation is 1. The molecule has 1 aromatic heterocycles. The molecule has 1 rings (SSSR count). The molecule has 0 fully saturated rings. The smallest absolute Gasteiger partial charge is 0.177 e. The molecular weight excluding hydrogens is 234 g/mol. The molecule has 0 saturated heterocycles.